The molecule has 218 valence electrons. The van der Waals surface area contributed by atoms with Crippen molar-refractivity contribution in [2.75, 3.05) is 4.90 Å². The Kier molecular flexibility index (Phi) is 6.07. The predicted molar refractivity (Wildman–Crippen MR) is 184 cm³/mol. The second kappa shape index (κ2) is 9.62. The molecule has 3 nitrogen and oxygen atoms in total. The second-order valence-corrected chi connectivity index (χ2v) is 14.8. The summed E-state index contributed by atoms with van der Waals surface area (Å²) in [5.74, 6) is 0. The SMILES string of the molecule is CC1(C)c2cc(B3OC(C)(C)C(C)(C)O3)ccc2-c2ccc(-c3ccc4c(c3)Sc3ccccc3N4c3ccccc3)cc21. The summed E-state index contributed by atoms with van der Waals surface area (Å²) in [6.45, 7) is 13.1. The molecule has 5 aromatic carbocycles. The van der Waals surface area contributed by atoms with E-state index in [1.807, 2.05) is 11.8 Å². The topological polar surface area (TPSA) is 21.7 Å². The minimum atomic E-state index is -0.367. The van der Waals surface area contributed by atoms with Crippen molar-refractivity contribution in [2.24, 2.45) is 0 Å². The van der Waals surface area contributed by atoms with Gasteiger partial charge in [-0.05, 0) is 109 Å². The third-order valence-electron chi connectivity index (χ3n) is 10.1. The number of para-hydroxylation sites is 2. The van der Waals surface area contributed by atoms with Crippen molar-refractivity contribution in [3.8, 4) is 22.3 Å². The summed E-state index contributed by atoms with van der Waals surface area (Å²) in [5.41, 5.74) is 11.6. The lowest BCUT2D eigenvalue weighted by molar-refractivity contribution is 0.00578. The first-order chi connectivity index (χ1) is 21.0. The number of rotatable bonds is 3. The number of hydrogen-bond acceptors (Lipinski definition) is 4. The molecule has 0 bridgehead atoms. The zero-order valence-corrected chi connectivity index (χ0v) is 27.0. The number of nitrogens with zero attached hydrogens (tertiary/aromatic N) is 1. The van der Waals surface area contributed by atoms with Crippen LogP contribution in [0.1, 0.15) is 52.7 Å². The van der Waals surface area contributed by atoms with E-state index >= 15 is 0 Å². The minimum absolute atomic E-state index is 0.146. The molecule has 0 N–H and O–H groups in total. The second-order valence-electron chi connectivity index (χ2n) is 13.7. The zero-order valence-electron chi connectivity index (χ0n) is 26.1. The molecule has 0 atom stereocenters. The van der Waals surface area contributed by atoms with Gasteiger partial charge in [0.25, 0.3) is 0 Å². The molecule has 1 aliphatic carbocycles. The van der Waals surface area contributed by atoms with Gasteiger partial charge in [-0.25, -0.2) is 0 Å². The predicted octanol–water partition coefficient (Wildman–Crippen LogP) is 9.89. The Balaban J connectivity index is 1.16. The molecule has 0 spiro atoms. The van der Waals surface area contributed by atoms with Crippen LogP contribution in [0.25, 0.3) is 22.3 Å². The average molecular weight is 594 g/mol. The van der Waals surface area contributed by atoms with E-state index < -0.39 is 0 Å². The highest BCUT2D eigenvalue weighted by molar-refractivity contribution is 7.99. The average Bonchev–Trinajstić information content (AvgIpc) is 3.38. The van der Waals surface area contributed by atoms with Gasteiger partial charge < -0.3 is 14.2 Å². The summed E-state index contributed by atoms with van der Waals surface area (Å²) in [7, 11) is -0.367. The largest absolute Gasteiger partial charge is 0.494 e. The molecule has 0 radical (unpaired) electrons. The fourth-order valence-electron chi connectivity index (χ4n) is 6.85. The molecular formula is C39H36BNO2S. The molecule has 5 heteroatoms. The van der Waals surface area contributed by atoms with Crippen LogP contribution < -0.4 is 10.4 Å². The van der Waals surface area contributed by atoms with Gasteiger partial charge in [0, 0.05) is 20.9 Å². The van der Waals surface area contributed by atoms with Gasteiger partial charge in [0.15, 0.2) is 0 Å². The van der Waals surface area contributed by atoms with Crippen molar-refractivity contribution >= 4 is 41.4 Å². The minimum Gasteiger partial charge on any atom is -0.399 e. The summed E-state index contributed by atoms with van der Waals surface area (Å²) in [6.07, 6.45) is 0. The Hall–Kier alpha value is -3.77. The van der Waals surface area contributed by atoms with Crippen molar-refractivity contribution < 1.29 is 9.31 Å². The highest BCUT2D eigenvalue weighted by Crippen LogP contribution is 2.53. The van der Waals surface area contributed by atoms with Crippen LogP contribution in [0.4, 0.5) is 17.1 Å². The van der Waals surface area contributed by atoms with E-state index in [1.165, 1.54) is 60.2 Å². The maximum Gasteiger partial charge on any atom is 0.494 e. The van der Waals surface area contributed by atoms with Crippen LogP contribution in [0, 0.1) is 0 Å². The normalized spacial score (nSPS) is 18.4. The molecule has 2 heterocycles. The van der Waals surface area contributed by atoms with E-state index in [-0.39, 0.29) is 23.7 Å². The molecule has 0 aromatic heterocycles. The number of anilines is 3. The Labute approximate surface area is 265 Å². The van der Waals surface area contributed by atoms with Crippen LogP contribution in [-0.4, -0.2) is 18.3 Å². The Bertz CT molecular complexity index is 1930. The lowest BCUT2D eigenvalue weighted by atomic mass is 9.74. The van der Waals surface area contributed by atoms with Gasteiger partial charge in [0.1, 0.15) is 0 Å². The van der Waals surface area contributed by atoms with E-state index in [0.717, 1.165) is 5.46 Å². The highest BCUT2D eigenvalue weighted by atomic mass is 32.2. The smallest absolute Gasteiger partial charge is 0.399 e. The Morgan fingerprint density at radius 1 is 0.568 bits per heavy atom. The molecule has 44 heavy (non-hydrogen) atoms. The van der Waals surface area contributed by atoms with Crippen LogP contribution in [0.15, 0.2) is 119 Å². The van der Waals surface area contributed by atoms with Gasteiger partial charge in [-0.15, -0.1) is 0 Å². The van der Waals surface area contributed by atoms with Gasteiger partial charge >= 0.3 is 7.12 Å². The van der Waals surface area contributed by atoms with Gasteiger partial charge in [-0.3, -0.25) is 0 Å². The molecule has 8 rings (SSSR count). The van der Waals surface area contributed by atoms with Crippen molar-refractivity contribution in [1.82, 2.24) is 0 Å². The van der Waals surface area contributed by atoms with Crippen molar-refractivity contribution in [3.63, 3.8) is 0 Å². The highest BCUT2D eigenvalue weighted by Gasteiger charge is 2.52. The molecule has 3 aliphatic rings. The van der Waals surface area contributed by atoms with E-state index in [9.17, 15) is 0 Å². The quantitative estimate of drug-likeness (QED) is 0.190. The molecular weight excluding hydrogens is 557 g/mol. The fraction of sp³-hybridized carbons (Fsp3) is 0.231. The first-order valence-corrected chi connectivity index (χ1v) is 16.3. The van der Waals surface area contributed by atoms with Crippen molar-refractivity contribution in [1.29, 1.82) is 0 Å². The third kappa shape index (κ3) is 4.13. The van der Waals surface area contributed by atoms with E-state index in [4.69, 9.17) is 9.31 Å². The maximum atomic E-state index is 6.41. The molecule has 1 saturated heterocycles. The van der Waals surface area contributed by atoms with Crippen LogP contribution in [-0.2, 0) is 14.7 Å². The summed E-state index contributed by atoms with van der Waals surface area (Å²) in [4.78, 5) is 4.91. The summed E-state index contributed by atoms with van der Waals surface area (Å²) >= 11 is 1.85. The van der Waals surface area contributed by atoms with Crippen LogP contribution >= 0.6 is 11.8 Å². The summed E-state index contributed by atoms with van der Waals surface area (Å²) < 4.78 is 12.8. The maximum absolute atomic E-state index is 6.41. The van der Waals surface area contributed by atoms with Crippen LogP contribution in [0.3, 0.4) is 0 Å². The number of hydrogen-bond donors (Lipinski definition) is 0. The van der Waals surface area contributed by atoms with E-state index in [2.05, 4.69) is 156 Å². The Morgan fingerprint density at radius 2 is 1.16 bits per heavy atom. The lowest BCUT2D eigenvalue weighted by Crippen LogP contribution is -2.41. The molecule has 2 aliphatic heterocycles. The molecule has 5 aromatic rings. The van der Waals surface area contributed by atoms with Gasteiger partial charge in [0.05, 0.1) is 22.6 Å². The Morgan fingerprint density at radius 3 is 1.91 bits per heavy atom. The lowest BCUT2D eigenvalue weighted by Gasteiger charge is -2.33. The molecule has 1 fully saturated rings. The van der Waals surface area contributed by atoms with Crippen LogP contribution in [0.5, 0.6) is 0 Å². The van der Waals surface area contributed by atoms with Gasteiger partial charge in [0.2, 0.25) is 0 Å². The van der Waals surface area contributed by atoms with Gasteiger partial charge in [-0.1, -0.05) is 92.3 Å². The molecule has 0 saturated carbocycles. The van der Waals surface area contributed by atoms with Crippen molar-refractivity contribution in [3.05, 3.63) is 120 Å². The summed E-state index contributed by atoms with van der Waals surface area (Å²) in [5, 5.41) is 0. The fourth-order valence-corrected chi connectivity index (χ4v) is 7.95. The van der Waals surface area contributed by atoms with Crippen molar-refractivity contribution in [2.45, 2.75) is 68.0 Å². The zero-order chi connectivity index (χ0) is 30.4. The molecule has 0 amide bonds. The monoisotopic (exact) mass is 593 g/mol. The molecule has 0 unspecified atom stereocenters. The van der Waals surface area contributed by atoms with Gasteiger partial charge in [-0.2, -0.15) is 0 Å². The first kappa shape index (κ1) is 27.8. The standard InChI is InChI=1S/C39H36BNO2S/c1-37(2)31-22-25(16-19-29(31)30-20-18-27(24-32(30)37)40-42-38(3,4)39(5,6)43-40)26-17-21-34-36(23-26)44-35-15-11-10-14-33(35)41(34)28-12-8-7-9-13-28/h7-24H,1-6H3. The third-order valence-corrected chi connectivity index (χ3v) is 11.2. The van der Waals surface area contributed by atoms with Crippen LogP contribution in [0.2, 0.25) is 0 Å². The van der Waals surface area contributed by atoms with E-state index in [0.29, 0.717) is 0 Å². The summed E-state index contributed by atoms with van der Waals surface area (Å²) in [6, 6.07) is 40.0. The number of fused-ring (bicyclic) bond motifs is 5. The van der Waals surface area contributed by atoms with E-state index in [1.54, 1.807) is 0 Å². The number of benzene rings is 5. The first-order valence-electron chi connectivity index (χ1n) is 15.4.